The van der Waals surface area contributed by atoms with Crippen molar-refractivity contribution >= 4 is 17.7 Å². The molecule has 130 valence electrons. The summed E-state index contributed by atoms with van der Waals surface area (Å²) in [6.45, 7) is 1.40. The molecule has 0 atom stereocenters. The number of benzene rings is 1. The van der Waals surface area contributed by atoms with E-state index >= 15 is 0 Å². The predicted octanol–water partition coefficient (Wildman–Crippen LogP) is 2.82. The first-order chi connectivity index (χ1) is 11.7. The Labute approximate surface area is 146 Å². The molecular weight excluding hydrogens is 325 g/mol. The van der Waals surface area contributed by atoms with Gasteiger partial charge in [-0.2, -0.15) is 11.8 Å². The van der Waals surface area contributed by atoms with Gasteiger partial charge in [0.1, 0.15) is 5.82 Å². The number of hydrogen-bond acceptors (Lipinski definition) is 3. The summed E-state index contributed by atoms with van der Waals surface area (Å²) in [5.41, 5.74) is 1.36. The third kappa shape index (κ3) is 5.56. The number of unbranched alkanes of at least 4 members (excludes halogenated alkanes) is 1. The largest absolute Gasteiger partial charge is 0.356 e. The number of aliphatic imine (C=N–C) groups is 1. The molecule has 2 aromatic rings. The minimum Gasteiger partial charge on any atom is -0.356 e. The molecule has 2 N–H and O–H groups in total. The average molecular weight is 349 g/mol. The van der Waals surface area contributed by atoms with E-state index in [0.29, 0.717) is 12.2 Å². The summed E-state index contributed by atoms with van der Waals surface area (Å²) in [5, 5.41) is 6.48. The second-order valence-corrected chi connectivity index (χ2v) is 6.29. The number of nitrogens with zero attached hydrogens (tertiary/aromatic N) is 3. The zero-order chi connectivity index (χ0) is 17.2. The lowest BCUT2D eigenvalue weighted by atomic mass is 10.2. The van der Waals surface area contributed by atoms with Crippen molar-refractivity contribution in [2.24, 2.45) is 4.99 Å². The highest BCUT2D eigenvalue weighted by molar-refractivity contribution is 7.98. The second-order valence-electron chi connectivity index (χ2n) is 5.31. The number of nitrogens with one attached hydrogen (secondary N) is 2. The van der Waals surface area contributed by atoms with Gasteiger partial charge in [-0.3, -0.25) is 4.99 Å². The molecule has 5 nitrogen and oxygen atoms in total. The van der Waals surface area contributed by atoms with Gasteiger partial charge in [0.25, 0.3) is 0 Å². The van der Waals surface area contributed by atoms with Gasteiger partial charge in [0.15, 0.2) is 5.96 Å². The highest BCUT2D eigenvalue weighted by atomic mass is 32.2. The van der Waals surface area contributed by atoms with E-state index < -0.39 is 0 Å². The van der Waals surface area contributed by atoms with E-state index in [0.717, 1.165) is 24.5 Å². The van der Waals surface area contributed by atoms with Crippen LogP contribution in [-0.2, 0) is 6.54 Å². The maximum Gasteiger partial charge on any atom is 0.191 e. The lowest BCUT2D eigenvalue weighted by Crippen LogP contribution is -2.37. The molecule has 24 heavy (non-hydrogen) atoms. The average Bonchev–Trinajstić information content (AvgIpc) is 3.11. The fourth-order valence-electron chi connectivity index (χ4n) is 2.26. The zero-order valence-corrected chi connectivity index (χ0v) is 14.9. The number of rotatable bonds is 8. The first kappa shape index (κ1) is 18.3. The van der Waals surface area contributed by atoms with Crippen LogP contribution in [-0.4, -0.2) is 41.1 Å². The van der Waals surface area contributed by atoms with Gasteiger partial charge in [-0.1, -0.05) is 6.07 Å². The van der Waals surface area contributed by atoms with Crippen molar-refractivity contribution in [1.82, 2.24) is 20.2 Å². The first-order valence-electron chi connectivity index (χ1n) is 7.95. The summed E-state index contributed by atoms with van der Waals surface area (Å²) in [4.78, 5) is 8.12. The Bertz CT molecular complexity index is 642. The fraction of sp³-hybridized carbons (Fsp3) is 0.412. The topological polar surface area (TPSA) is 54.2 Å². The fourth-order valence-corrected chi connectivity index (χ4v) is 2.75. The molecule has 0 fully saturated rings. The Morgan fingerprint density at radius 1 is 1.33 bits per heavy atom. The quantitative estimate of drug-likeness (QED) is 0.437. The number of hydrogen-bond donors (Lipinski definition) is 2. The second kappa shape index (κ2) is 9.97. The lowest BCUT2D eigenvalue weighted by Gasteiger charge is -2.12. The molecule has 0 bridgehead atoms. The van der Waals surface area contributed by atoms with Crippen LogP contribution in [0.5, 0.6) is 0 Å². The summed E-state index contributed by atoms with van der Waals surface area (Å²) in [7, 11) is 1.74. The van der Waals surface area contributed by atoms with Crippen LogP contribution in [0.3, 0.4) is 0 Å². The molecule has 0 radical (unpaired) electrons. The van der Waals surface area contributed by atoms with Crippen LogP contribution in [0.4, 0.5) is 4.39 Å². The highest BCUT2D eigenvalue weighted by Crippen LogP contribution is 2.14. The van der Waals surface area contributed by atoms with E-state index in [1.807, 2.05) is 17.8 Å². The van der Waals surface area contributed by atoms with Crippen LogP contribution in [0.15, 0.2) is 41.9 Å². The molecule has 0 saturated heterocycles. The number of halogens is 1. The monoisotopic (exact) mass is 349 g/mol. The molecule has 0 saturated carbocycles. The Hall–Kier alpha value is -2.02. The molecule has 0 aliphatic heterocycles. The van der Waals surface area contributed by atoms with Crippen molar-refractivity contribution in [3.63, 3.8) is 0 Å². The Kier molecular flexibility index (Phi) is 7.61. The first-order valence-corrected chi connectivity index (χ1v) is 9.34. The van der Waals surface area contributed by atoms with Gasteiger partial charge >= 0.3 is 0 Å². The van der Waals surface area contributed by atoms with Crippen molar-refractivity contribution in [1.29, 1.82) is 0 Å². The van der Waals surface area contributed by atoms with Crippen molar-refractivity contribution in [3.05, 3.63) is 48.3 Å². The summed E-state index contributed by atoms with van der Waals surface area (Å²) in [5.74, 6) is 1.64. The maximum atomic E-state index is 14.2. The van der Waals surface area contributed by atoms with Crippen LogP contribution in [0.2, 0.25) is 0 Å². The van der Waals surface area contributed by atoms with Crippen molar-refractivity contribution < 1.29 is 4.39 Å². The van der Waals surface area contributed by atoms with Crippen molar-refractivity contribution in [2.45, 2.75) is 19.4 Å². The number of aromatic nitrogens is 2. The van der Waals surface area contributed by atoms with E-state index in [1.165, 1.54) is 18.2 Å². The Morgan fingerprint density at radius 3 is 2.88 bits per heavy atom. The molecule has 0 aliphatic carbocycles. The van der Waals surface area contributed by atoms with E-state index in [-0.39, 0.29) is 5.82 Å². The van der Waals surface area contributed by atoms with Gasteiger partial charge in [-0.15, -0.1) is 0 Å². The molecule has 7 heteroatoms. The molecule has 0 unspecified atom stereocenters. The van der Waals surface area contributed by atoms with E-state index in [2.05, 4.69) is 26.9 Å². The van der Waals surface area contributed by atoms with Crippen molar-refractivity contribution in [2.75, 3.05) is 25.6 Å². The Balaban J connectivity index is 1.83. The molecule has 0 spiro atoms. The minimum atomic E-state index is -0.271. The van der Waals surface area contributed by atoms with Gasteiger partial charge in [0.2, 0.25) is 0 Å². The number of thioether (sulfide) groups is 1. The zero-order valence-electron chi connectivity index (χ0n) is 14.1. The third-order valence-corrected chi connectivity index (χ3v) is 4.24. The van der Waals surface area contributed by atoms with Gasteiger partial charge in [0.05, 0.1) is 12.0 Å². The Morgan fingerprint density at radius 2 is 2.21 bits per heavy atom. The van der Waals surface area contributed by atoms with E-state index in [1.54, 1.807) is 36.4 Å². The van der Waals surface area contributed by atoms with Gasteiger partial charge < -0.3 is 15.2 Å². The summed E-state index contributed by atoms with van der Waals surface area (Å²) in [6, 6.07) is 5.19. The van der Waals surface area contributed by atoms with E-state index in [9.17, 15) is 4.39 Å². The van der Waals surface area contributed by atoms with Crippen LogP contribution < -0.4 is 10.6 Å². The van der Waals surface area contributed by atoms with Gasteiger partial charge in [-0.25, -0.2) is 9.37 Å². The van der Waals surface area contributed by atoms with Crippen LogP contribution in [0, 0.1) is 5.82 Å². The van der Waals surface area contributed by atoms with Crippen molar-refractivity contribution in [3.8, 4) is 5.69 Å². The lowest BCUT2D eigenvalue weighted by molar-refractivity contribution is 0.614. The molecule has 2 rings (SSSR count). The molecule has 1 aromatic carbocycles. The van der Waals surface area contributed by atoms with Crippen LogP contribution in [0.25, 0.3) is 5.69 Å². The summed E-state index contributed by atoms with van der Waals surface area (Å²) < 4.78 is 15.9. The smallest absolute Gasteiger partial charge is 0.191 e. The number of guanidine groups is 1. The van der Waals surface area contributed by atoms with E-state index in [4.69, 9.17) is 0 Å². The molecule has 0 aliphatic rings. The summed E-state index contributed by atoms with van der Waals surface area (Å²) in [6.07, 6.45) is 9.34. The minimum absolute atomic E-state index is 0.271. The predicted molar refractivity (Wildman–Crippen MR) is 99.3 cm³/mol. The van der Waals surface area contributed by atoms with Gasteiger partial charge in [-0.05, 0) is 42.5 Å². The molecular formula is C17H24FN5S. The third-order valence-electron chi connectivity index (χ3n) is 3.55. The highest BCUT2D eigenvalue weighted by Gasteiger charge is 2.06. The van der Waals surface area contributed by atoms with Crippen LogP contribution >= 0.6 is 11.8 Å². The molecule has 1 heterocycles. The SMILES string of the molecule is CN=C(NCCCCSC)NCc1ccc(-n2ccnc2)c(F)c1. The number of imidazole rings is 1. The maximum absolute atomic E-state index is 14.2. The molecule has 0 amide bonds. The van der Waals surface area contributed by atoms with Gasteiger partial charge in [0, 0.05) is 32.5 Å². The standard InChI is InChI=1S/C17H24FN5S/c1-19-17(21-7-3-4-10-24-2)22-12-14-5-6-16(15(18)11-14)23-9-8-20-13-23/h5-6,8-9,11,13H,3-4,7,10,12H2,1-2H3,(H2,19,21,22). The van der Waals surface area contributed by atoms with Crippen LogP contribution in [0.1, 0.15) is 18.4 Å². The normalized spacial score (nSPS) is 11.5. The summed E-state index contributed by atoms with van der Waals surface area (Å²) >= 11 is 1.86. The molecule has 1 aromatic heterocycles.